The van der Waals surface area contributed by atoms with Crippen LogP contribution in [0.25, 0.3) is 5.65 Å². The fourth-order valence-electron chi connectivity index (χ4n) is 2.33. The van der Waals surface area contributed by atoms with Gasteiger partial charge in [-0.25, -0.2) is 4.98 Å². The second kappa shape index (κ2) is 12.1. The average Bonchev–Trinajstić information content (AvgIpc) is 3.08. The Kier molecular flexibility index (Phi) is 10.2. The highest BCUT2D eigenvalue weighted by Gasteiger charge is 2.32. The van der Waals surface area contributed by atoms with Crippen LogP contribution in [0.15, 0.2) is 30.5 Å². The van der Waals surface area contributed by atoms with E-state index in [-0.39, 0.29) is 23.3 Å². The molecule has 3 aromatic rings. The molecule has 0 saturated carbocycles. The Morgan fingerprint density at radius 2 is 1.84 bits per heavy atom. The van der Waals surface area contributed by atoms with E-state index < -0.39 is 11.7 Å². The molecule has 0 aromatic carbocycles. The maximum absolute atomic E-state index is 12.8. The number of nitrogens with zero attached hydrogens (tertiary/aromatic N) is 4. The SMILES string of the molecule is CC(=O)c1ccc(C)nc1.CCCN.Cc1nc2cc(C(F)(F)F)cc(NC(C)C)n2n1. The molecule has 0 fully saturated rings. The van der Waals surface area contributed by atoms with Crippen LogP contribution in [0.4, 0.5) is 19.0 Å². The summed E-state index contributed by atoms with van der Waals surface area (Å²) < 4.78 is 39.6. The molecular weight excluding hydrogens is 421 g/mol. The normalized spacial score (nSPS) is 10.8. The van der Waals surface area contributed by atoms with Gasteiger partial charge < -0.3 is 11.1 Å². The van der Waals surface area contributed by atoms with Crippen molar-refractivity contribution in [3.05, 3.63) is 53.1 Å². The molecule has 0 aliphatic carbocycles. The van der Waals surface area contributed by atoms with Crippen LogP contribution in [0.5, 0.6) is 0 Å². The number of nitrogens with two attached hydrogens (primary N) is 1. The lowest BCUT2D eigenvalue weighted by Gasteiger charge is -2.14. The van der Waals surface area contributed by atoms with Crippen molar-refractivity contribution < 1.29 is 18.0 Å². The van der Waals surface area contributed by atoms with Crippen LogP contribution in [-0.2, 0) is 6.18 Å². The third kappa shape index (κ3) is 8.62. The average molecular weight is 453 g/mol. The van der Waals surface area contributed by atoms with Crippen LogP contribution in [-0.4, -0.2) is 38.0 Å². The fraction of sp³-hybridized carbons (Fsp3) is 0.455. The molecule has 0 radical (unpaired) electrons. The van der Waals surface area contributed by atoms with Gasteiger partial charge in [0.15, 0.2) is 11.4 Å². The second-order valence-corrected chi connectivity index (χ2v) is 7.39. The molecule has 0 unspecified atom stereocenters. The van der Waals surface area contributed by atoms with Gasteiger partial charge >= 0.3 is 6.18 Å². The number of fused-ring (bicyclic) bond motifs is 1. The van der Waals surface area contributed by atoms with E-state index in [2.05, 4.69) is 27.3 Å². The predicted molar refractivity (Wildman–Crippen MR) is 120 cm³/mol. The van der Waals surface area contributed by atoms with Crippen molar-refractivity contribution in [2.45, 2.75) is 60.2 Å². The Bertz CT molecular complexity index is 995. The number of Topliss-reactive ketones (excluding diaryl/α,β-unsaturated/α-hetero) is 1. The van der Waals surface area contributed by atoms with E-state index in [0.717, 1.165) is 30.8 Å². The van der Waals surface area contributed by atoms with E-state index in [1.54, 1.807) is 19.2 Å². The number of rotatable bonds is 4. The van der Waals surface area contributed by atoms with Crippen molar-refractivity contribution in [2.24, 2.45) is 5.73 Å². The summed E-state index contributed by atoms with van der Waals surface area (Å²) >= 11 is 0. The van der Waals surface area contributed by atoms with Crippen LogP contribution >= 0.6 is 0 Å². The van der Waals surface area contributed by atoms with E-state index in [1.807, 2.05) is 26.8 Å². The standard InChI is InChI=1S/C11H13F3N4.C8H9NO.C3H9N/c1-6(2)15-9-4-8(11(12,13)14)5-10-16-7(3)17-18(9)10;1-6-3-4-8(5-9-6)7(2)10;1-2-3-4/h4-6,15H,1-3H3;3-5H,1-2H3;2-4H2,1H3. The van der Waals surface area contributed by atoms with Gasteiger partial charge in [-0.15, -0.1) is 5.10 Å². The van der Waals surface area contributed by atoms with Gasteiger partial charge in [0.05, 0.1) is 5.56 Å². The molecule has 0 aliphatic rings. The minimum Gasteiger partial charge on any atom is -0.368 e. The van der Waals surface area contributed by atoms with Crippen LogP contribution < -0.4 is 11.1 Å². The van der Waals surface area contributed by atoms with E-state index in [9.17, 15) is 18.0 Å². The number of hydrogen-bond acceptors (Lipinski definition) is 6. The quantitative estimate of drug-likeness (QED) is 0.551. The number of alkyl halides is 3. The van der Waals surface area contributed by atoms with E-state index >= 15 is 0 Å². The van der Waals surface area contributed by atoms with Crippen molar-refractivity contribution in [2.75, 3.05) is 11.9 Å². The molecule has 176 valence electrons. The number of aryl methyl sites for hydroxylation is 2. The van der Waals surface area contributed by atoms with Gasteiger partial charge in [-0.2, -0.15) is 17.7 Å². The van der Waals surface area contributed by atoms with Gasteiger partial charge in [0.1, 0.15) is 11.6 Å². The first-order valence-corrected chi connectivity index (χ1v) is 10.2. The molecule has 0 saturated heterocycles. The van der Waals surface area contributed by atoms with Crippen molar-refractivity contribution in [1.82, 2.24) is 19.6 Å². The molecule has 0 amide bonds. The number of pyridine rings is 2. The molecule has 0 atom stereocenters. The topological polar surface area (TPSA) is 98.2 Å². The number of nitrogens with one attached hydrogen (secondary N) is 1. The zero-order valence-electron chi connectivity index (χ0n) is 19.3. The van der Waals surface area contributed by atoms with Gasteiger partial charge in [-0.1, -0.05) is 6.92 Å². The number of carbonyl (C=O) groups is 1. The van der Waals surface area contributed by atoms with Gasteiger partial charge in [-0.05, 0) is 71.8 Å². The Labute approximate surface area is 186 Å². The summed E-state index contributed by atoms with van der Waals surface area (Å²) in [6.07, 6.45) is -1.70. The van der Waals surface area contributed by atoms with Crippen molar-refractivity contribution in [3.8, 4) is 0 Å². The zero-order valence-corrected chi connectivity index (χ0v) is 19.3. The fourth-order valence-corrected chi connectivity index (χ4v) is 2.33. The predicted octanol–water partition coefficient (Wildman–Crippen LogP) is 4.82. The molecule has 3 aromatic heterocycles. The van der Waals surface area contributed by atoms with Crippen LogP contribution in [0, 0.1) is 13.8 Å². The largest absolute Gasteiger partial charge is 0.416 e. The summed E-state index contributed by atoms with van der Waals surface area (Å²) in [5, 5.41) is 7.00. The smallest absolute Gasteiger partial charge is 0.368 e. The van der Waals surface area contributed by atoms with E-state index in [4.69, 9.17) is 5.73 Å². The highest BCUT2D eigenvalue weighted by molar-refractivity contribution is 5.93. The van der Waals surface area contributed by atoms with Gasteiger partial charge in [0.25, 0.3) is 0 Å². The molecule has 32 heavy (non-hydrogen) atoms. The summed E-state index contributed by atoms with van der Waals surface area (Å²) in [4.78, 5) is 18.7. The molecule has 3 heterocycles. The molecule has 7 nitrogen and oxygen atoms in total. The summed E-state index contributed by atoms with van der Waals surface area (Å²) in [6, 6.07) is 5.65. The highest BCUT2D eigenvalue weighted by Crippen LogP contribution is 2.31. The van der Waals surface area contributed by atoms with E-state index in [0.29, 0.717) is 11.4 Å². The molecule has 0 bridgehead atoms. The van der Waals surface area contributed by atoms with Crippen LogP contribution in [0.2, 0.25) is 0 Å². The summed E-state index contributed by atoms with van der Waals surface area (Å²) in [7, 11) is 0. The van der Waals surface area contributed by atoms with Crippen molar-refractivity contribution in [1.29, 1.82) is 0 Å². The number of anilines is 1. The van der Waals surface area contributed by atoms with Gasteiger partial charge in [0.2, 0.25) is 0 Å². The minimum absolute atomic E-state index is 0.00110. The van der Waals surface area contributed by atoms with Gasteiger partial charge in [0, 0.05) is 23.5 Å². The number of carbonyl (C=O) groups excluding carboxylic acids is 1. The second-order valence-electron chi connectivity index (χ2n) is 7.39. The Hall–Kier alpha value is -3.01. The molecule has 3 N–H and O–H groups in total. The maximum Gasteiger partial charge on any atom is 0.416 e. The molecule has 10 heteroatoms. The molecule has 0 aliphatic heterocycles. The summed E-state index contributed by atoms with van der Waals surface area (Å²) in [5.74, 6) is 0.782. The summed E-state index contributed by atoms with van der Waals surface area (Å²) in [6.45, 7) is 11.6. The number of halogens is 3. The van der Waals surface area contributed by atoms with Crippen LogP contribution in [0.3, 0.4) is 0 Å². The first-order valence-electron chi connectivity index (χ1n) is 10.2. The third-order valence-corrected chi connectivity index (χ3v) is 3.91. The van der Waals surface area contributed by atoms with Crippen molar-refractivity contribution >= 4 is 17.2 Å². The Morgan fingerprint density at radius 1 is 1.22 bits per heavy atom. The Morgan fingerprint density at radius 3 is 2.28 bits per heavy atom. The Balaban J connectivity index is 0.000000307. The number of ketones is 1. The zero-order chi connectivity index (χ0) is 24.5. The lowest BCUT2D eigenvalue weighted by atomic mass is 10.2. The monoisotopic (exact) mass is 452 g/mol. The van der Waals surface area contributed by atoms with Crippen LogP contribution in [0.1, 0.15) is 61.6 Å². The summed E-state index contributed by atoms with van der Waals surface area (Å²) in [5.41, 5.74) is 6.09. The molecule has 3 rings (SSSR count). The lowest BCUT2D eigenvalue weighted by molar-refractivity contribution is -0.137. The third-order valence-electron chi connectivity index (χ3n) is 3.91. The number of aromatic nitrogens is 4. The lowest BCUT2D eigenvalue weighted by Crippen LogP contribution is -2.15. The van der Waals surface area contributed by atoms with E-state index in [1.165, 1.54) is 11.4 Å². The first-order chi connectivity index (χ1) is 14.9. The first kappa shape index (κ1) is 27.0. The highest BCUT2D eigenvalue weighted by atomic mass is 19.4. The van der Waals surface area contributed by atoms with Gasteiger partial charge in [-0.3, -0.25) is 9.78 Å². The minimum atomic E-state index is -4.39. The molecular formula is C22H31F3N6O. The molecule has 0 spiro atoms. The van der Waals surface area contributed by atoms with Crippen molar-refractivity contribution in [3.63, 3.8) is 0 Å². The number of hydrogen-bond donors (Lipinski definition) is 2. The maximum atomic E-state index is 12.8.